The summed E-state index contributed by atoms with van der Waals surface area (Å²) in [4.78, 5) is 26.9. The van der Waals surface area contributed by atoms with Crippen molar-refractivity contribution in [3.8, 4) is 5.75 Å². The summed E-state index contributed by atoms with van der Waals surface area (Å²) >= 11 is 12.0. The maximum atomic E-state index is 13.0. The molecule has 0 saturated heterocycles. The van der Waals surface area contributed by atoms with Gasteiger partial charge in [-0.05, 0) is 48.9 Å². The third-order valence-corrected chi connectivity index (χ3v) is 5.23. The van der Waals surface area contributed by atoms with Crippen molar-refractivity contribution in [2.45, 2.75) is 6.42 Å². The first-order chi connectivity index (χ1) is 16.0. The normalized spacial score (nSPS) is 10.3. The van der Waals surface area contributed by atoms with Gasteiger partial charge in [0.05, 0.1) is 23.5 Å². The van der Waals surface area contributed by atoms with Crippen LogP contribution in [0.15, 0.2) is 72.8 Å². The highest BCUT2D eigenvalue weighted by Crippen LogP contribution is 2.26. The zero-order valence-electron chi connectivity index (χ0n) is 18.0. The third kappa shape index (κ3) is 7.03. The van der Waals surface area contributed by atoms with E-state index in [9.17, 15) is 9.59 Å². The fourth-order valence-corrected chi connectivity index (χ4v) is 3.54. The van der Waals surface area contributed by atoms with Crippen molar-refractivity contribution in [3.63, 3.8) is 0 Å². The van der Waals surface area contributed by atoms with E-state index in [1.807, 2.05) is 42.5 Å². The topological polar surface area (TPSA) is 82.7 Å². The van der Waals surface area contributed by atoms with Gasteiger partial charge in [-0.15, -0.1) is 0 Å². The molecule has 3 aromatic carbocycles. The van der Waals surface area contributed by atoms with E-state index in [0.29, 0.717) is 46.7 Å². The van der Waals surface area contributed by atoms with Gasteiger partial charge in [-0.3, -0.25) is 4.90 Å². The molecule has 0 fully saturated rings. The number of para-hydroxylation sites is 3. The molecule has 0 aliphatic heterocycles. The Morgan fingerprint density at radius 1 is 0.909 bits per heavy atom. The number of rotatable bonds is 8. The molecule has 0 aromatic heterocycles. The maximum Gasteiger partial charge on any atom is 0.326 e. The van der Waals surface area contributed by atoms with Crippen LogP contribution in [0.2, 0.25) is 10.0 Å². The number of ether oxygens (including phenoxy) is 1. The van der Waals surface area contributed by atoms with Gasteiger partial charge in [-0.25, -0.2) is 9.59 Å². The van der Waals surface area contributed by atoms with E-state index in [1.165, 1.54) is 0 Å². The number of carbonyl (C=O) groups excluding carboxylic acids is 2. The van der Waals surface area contributed by atoms with Crippen LogP contribution in [-0.2, 0) is 0 Å². The van der Waals surface area contributed by atoms with Crippen LogP contribution < -0.4 is 25.6 Å². The number of nitrogens with zero attached hydrogens (tertiary/aromatic N) is 1. The molecular weight excluding hydrogens is 463 g/mol. The van der Waals surface area contributed by atoms with Gasteiger partial charge in [0.1, 0.15) is 5.75 Å². The summed E-state index contributed by atoms with van der Waals surface area (Å²) in [6.07, 6.45) is 0.524. The lowest BCUT2D eigenvalue weighted by Crippen LogP contribution is -2.38. The van der Waals surface area contributed by atoms with Gasteiger partial charge in [0.25, 0.3) is 0 Å². The maximum absolute atomic E-state index is 13.0. The van der Waals surface area contributed by atoms with Gasteiger partial charge in [0.15, 0.2) is 0 Å². The molecule has 0 aliphatic carbocycles. The summed E-state index contributed by atoms with van der Waals surface area (Å²) in [5.41, 5.74) is 1.77. The highest BCUT2D eigenvalue weighted by atomic mass is 35.5. The molecule has 0 radical (unpaired) electrons. The molecule has 3 N–H and O–H groups in total. The lowest BCUT2D eigenvalue weighted by Gasteiger charge is -2.24. The van der Waals surface area contributed by atoms with E-state index in [0.717, 1.165) is 5.69 Å². The van der Waals surface area contributed by atoms with Gasteiger partial charge >= 0.3 is 12.1 Å². The first kappa shape index (κ1) is 24.2. The first-order valence-electron chi connectivity index (χ1n) is 10.2. The van der Waals surface area contributed by atoms with Crippen molar-refractivity contribution in [1.82, 2.24) is 5.32 Å². The van der Waals surface area contributed by atoms with Crippen LogP contribution in [0.25, 0.3) is 0 Å². The quantitative estimate of drug-likeness (QED) is 0.329. The number of benzene rings is 3. The number of urea groups is 2. The summed E-state index contributed by atoms with van der Waals surface area (Å²) < 4.78 is 5.32. The van der Waals surface area contributed by atoms with Gasteiger partial charge in [-0.1, -0.05) is 53.5 Å². The lowest BCUT2D eigenvalue weighted by molar-refractivity contribution is 0.252. The van der Waals surface area contributed by atoms with E-state index < -0.39 is 6.03 Å². The molecule has 0 heterocycles. The molecule has 0 atom stereocenters. The second-order valence-corrected chi connectivity index (χ2v) is 7.82. The van der Waals surface area contributed by atoms with Crippen molar-refractivity contribution in [2.75, 3.05) is 35.7 Å². The van der Waals surface area contributed by atoms with Crippen LogP contribution in [-0.4, -0.2) is 32.3 Å². The van der Waals surface area contributed by atoms with Crippen molar-refractivity contribution < 1.29 is 14.3 Å². The van der Waals surface area contributed by atoms with Crippen LogP contribution in [0.3, 0.4) is 0 Å². The van der Waals surface area contributed by atoms with E-state index >= 15 is 0 Å². The van der Waals surface area contributed by atoms with Crippen LogP contribution in [0.1, 0.15) is 6.42 Å². The summed E-state index contributed by atoms with van der Waals surface area (Å²) in [6, 6.07) is 20.6. The van der Waals surface area contributed by atoms with Crippen LogP contribution in [0, 0.1) is 0 Å². The Morgan fingerprint density at radius 3 is 2.36 bits per heavy atom. The molecular formula is C24H24Cl2N4O3. The van der Waals surface area contributed by atoms with E-state index in [-0.39, 0.29) is 6.03 Å². The first-order valence-corrected chi connectivity index (χ1v) is 11.0. The summed E-state index contributed by atoms with van der Waals surface area (Å²) in [6.45, 7) is 0.731. The molecule has 4 amide bonds. The fourth-order valence-electron chi connectivity index (χ4n) is 3.08. The average molecular weight is 487 g/mol. The Morgan fingerprint density at radius 2 is 1.64 bits per heavy atom. The number of hydrogen-bond acceptors (Lipinski definition) is 3. The number of carbonyl (C=O) groups is 2. The Balaban J connectivity index is 1.58. The van der Waals surface area contributed by atoms with Crippen LogP contribution in [0.4, 0.5) is 26.7 Å². The Bertz CT molecular complexity index is 1100. The van der Waals surface area contributed by atoms with Crippen molar-refractivity contribution >= 4 is 52.3 Å². The predicted molar refractivity (Wildman–Crippen MR) is 134 cm³/mol. The second-order valence-electron chi connectivity index (χ2n) is 6.98. The Kier molecular flexibility index (Phi) is 8.80. The second kappa shape index (κ2) is 12.0. The number of amides is 4. The minimum absolute atomic E-state index is 0.303. The predicted octanol–water partition coefficient (Wildman–Crippen LogP) is 6.25. The molecule has 9 heteroatoms. The fraction of sp³-hybridized carbons (Fsp3) is 0.167. The van der Waals surface area contributed by atoms with Crippen molar-refractivity contribution in [3.05, 3.63) is 82.8 Å². The highest BCUT2D eigenvalue weighted by molar-refractivity contribution is 6.36. The molecule has 172 valence electrons. The van der Waals surface area contributed by atoms with Crippen LogP contribution >= 0.6 is 23.2 Å². The molecule has 3 aromatic rings. The molecule has 0 aliphatic rings. The minimum atomic E-state index is -0.399. The Labute approximate surface area is 202 Å². The lowest BCUT2D eigenvalue weighted by atomic mass is 10.2. The SMILES string of the molecule is COc1ccccc1NC(=O)N(CCCNC(=O)Nc1ccc(Cl)cc1Cl)c1ccccc1. The zero-order valence-corrected chi connectivity index (χ0v) is 19.5. The molecule has 3 rings (SSSR count). The summed E-state index contributed by atoms with van der Waals surface area (Å²) in [5, 5.41) is 9.17. The van der Waals surface area contributed by atoms with Crippen molar-refractivity contribution in [1.29, 1.82) is 0 Å². The molecule has 0 bridgehead atoms. The molecule has 33 heavy (non-hydrogen) atoms. The van der Waals surface area contributed by atoms with E-state index in [1.54, 1.807) is 42.3 Å². The van der Waals surface area contributed by atoms with E-state index in [4.69, 9.17) is 27.9 Å². The number of halogens is 2. The molecule has 0 spiro atoms. The average Bonchev–Trinajstić information content (AvgIpc) is 2.81. The van der Waals surface area contributed by atoms with Crippen LogP contribution in [0.5, 0.6) is 5.75 Å². The van der Waals surface area contributed by atoms with Gasteiger partial charge < -0.3 is 20.7 Å². The summed E-state index contributed by atoms with van der Waals surface area (Å²) in [7, 11) is 1.55. The Hall–Kier alpha value is -3.42. The number of methoxy groups -OCH3 is 1. The third-order valence-electron chi connectivity index (χ3n) is 4.68. The number of anilines is 3. The highest BCUT2D eigenvalue weighted by Gasteiger charge is 2.17. The molecule has 7 nitrogen and oxygen atoms in total. The van der Waals surface area contributed by atoms with Crippen molar-refractivity contribution in [2.24, 2.45) is 0 Å². The van der Waals surface area contributed by atoms with Gasteiger partial charge in [0.2, 0.25) is 0 Å². The monoisotopic (exact) mass is 486 g/mol. The molecule has 0 unspecified atom stereocenters. The number of nitrogens with one attached hydrogen (secondary N) is 3. The smallest absolute Gasteiger partial charge is 0.326 e. The summed E-state index contributed by atoms with van der Waals surface area (Å²) in [5.74, 6) is 0.568. The largest absolute Gasteiger partial charge is 0.495 e. The minimum Gasteiger partial charge on any atom is -0.495 e. The van der Waals surface area contributed by atoms with E-state index in [2.05, 4.69) is 16.0 Å². The standard InChI is InChI=1S/C24H24Cl2N4O3/c1-33-22-11-6-5-10-21(22)29-24(32)30(18-8-3-2-4-9-18)15-7-14-27-23(31)28-20-13-12-17(25)16-19(20)26/h2-6,8-13,16H,7,14-15H2,1H3,(H,29,32)(H2,27,28,31). The number of hydrogen-bond donors (Lipinski definition) is 3. The van der Waals surface area contributed by atoms with Gasteiger partial charge in [0, 0.05) is 23.8 Å². The molecule has 0 saturated carbocycles. The zero-order chi connectivity index (χ0) is 23.6. The van der Waals surface area contributed by atoms with Gasteiger partial charge in [-0.2, -0.15) is 0 Å².